The molecule has 0 spiro atoms. The van der Waals surface area contributed by atoms with E-state index in [9.17, 15) is 9.00 Å². The first-order valence-electron chi connectivity index (χ1n) is 5.44. The van der Waals surface area contributed by atoms with E-state index < -0.39 is 10.8 Å². The fourth-order valence-electron chi connectivity index (χ4n) is 1.26. The molecular formula is C10H16BrN3O2S. The second kappa shape index (κ2) is 6.90. The lowest BCUT2D eigenvalue weighted by Crippen LogP contribution is -2.24. The van der Waals surface area contributed by atoms with Crippen LogP contribution in [0.3, 0.4) is 0 Å². The Labute approximate surface area is 111 Å². The quantitative estimate of drug-likeness (QED) is 0.855. The Bertz CT molecular complexity index is 461. The molecule has 1 aromatic heterocycles. The van der Waals surface area contributed by atoms with E-state index in [4.69, 9.17) is 0 Å². The number of aryl methyl sites for hydroxylation is 1. The van der Waals surface area contributed by atoms with Crippen LogP contribution in [-0.2, 0) is 17.3 Å². The summed E-state index contributed by atoms with van der Waals surface area (Å²) in [6, 6.07) is 0. The number of halogens is 1. The Balaban J connectivity index is 2.70. The van der Waals surface area contributed by atoms with Crippen molar-refractivity contribution in [3.05, 3.63) is 21.0 Å². The van der Waals surface area contributed by atoms with Crippen LogP contribution in [0.1, 0.15) is 13.8 Å². The Morgan fingerprint density at radius 2 is 2.24 bits per heavy atom. The van der Waals surface area contributed by atoms with Crippen molar-refractivity contribution in [2.24, 2.45) is 0 Å². The second-order valence-electron chi connectivity index (χ2n) is 3.35. The highest BCUT2D eigenvalue weighted by Crippen LogP contribution is 2.15. The van der Waals surface area contributed by atoms with Crippen LogP contribution >= 0.6 is 15.9 Å². The van der Waals surface area contributed by atoms with Crippen LogP contribution in [0.2, 0.25) is 0 Å². The number of anilines is 1. The molecule has 0 fully saturated rings. The molecule has 0 radical (unpaired) electrons. The summed E-state index contributed by atoms with van der Waals surface area (Å²) in [7, 11) is -0.800. The normalized spacial score (nSPS) is 12.4. The number of hydrogen-bond acceptors (Lipinski definition) is 4. The topological polar surface area (TPSA) is 64.0 Å². The van der Waals surface area contributed by atoms with E-state index in [1.165, 1.54) is 4.68 Å². The summed E-state index contributed by atoms with van der Waals surface area (Å²) in [5, 5.41) is 7.07. The zero-order valence-corrected chi connectivity index (χ0v) is 12.3. The third kappa shape index (κ3) is 3.92. The third-order valence-electron chi connectivity index (χ3n) is 2.25. The minimum Gasteiger partial charge on any atom is -0.382 e. The first kappa shape index (κ1) is 14.4. The monoisotopic (exact) mass is 321 g/mol. The summed E-state index contributed by atoms with van der Waals surface area (Å²) in [4.78, 5) is 11.7. The van der Waals surface area contributed by atoms with E-state index in [-0.39, 0.29) is 5.56 Å². The number of nitrogens with one attached hydrogen (secondary N) is 1. The van der Waals surface area contributed by atoms with Gasteiger partial charge in [0, 0.05) is 35.4 Å². The van der Waals surface area contributed by atoms with Crippen molar-refractivity contribution in [2.75, 3.05) is 23.4 Å². The van der Waals surface area contributed by atoms with Gasteiger partial charge in [-0.1, -0.05) is 6.92 Å². The van der Waals surface area contributed by atoms with Crippen molar-refractivity contribution in [1.82, 2.24) is 9.78 Å². The van der Waals surface area contributed by atoms with Crippen LogP contribution in [0.5, 0.6) is 0 Å². The van der Waals surface area contributed by atoms with Gasteiger partial charge in [-0.25, -0.2) is 4.68 Å². The molecule has 7 heteroatoms. The summed E-state index contributed by atoms with van der Waals surface area (Å²) in [5.74, 6) is 1.22. The fourth-order valence-corrected chi connectivity index (χ4v) is 2.32. The molecule has 0 saturated heterocycles. The summed E-state index contributed by atoms with van der Waals surface area (Å²) in [5.41, 5.74) is 0.488. The summed E-state index contributed by atoms with van der Waals surface area (Å²) in [6.07, 6.45) is 1.60. The molecule has 5 nitrogen and oxygen atoms in total. The molecule has 1 N–H and O–H groups in total. The predicted octanol–water partition coefficient (Wildman–Crippen LogP) is 1.21. The SMILES string of the molecule is CCn1ncc(NCCS(=O)CC)c(Br)c1=O. The highest BCUT2D eigenvalue weighted by atomic mass is 79.9. The molecule has 0 bridgehead atoms. The summed E-state index contributed by atoms with van der Waals surface area (Å²) < 4.78 is 13.1. The Kier molecular flexibility index (Phi) is 5.84. The first-order chi connectivity index (χ1) is 8.10. The lowest BCUT2D eigenvalue weighted by molar-refractivity contribution is 0.613. The van der Waals surface area contributed by atoms with Crippen LogP contribution in [0.4, 0.5) is 5.69 Å². The zero-order valence-electron chi connectivity index (χ0n) is 9.90. The fraction of sp³-hybridized carbons (Fsp3) is 0.600. The molecule has 0 amide bonds. The van der Waals surface area contributed by atoms with Crippen LogP contribution in [0, 0.1) is 0 Å². The smallest absolute Gasteiger partial charge is 0.283 e. The van der Waals surface area contributed by atoms with Gasteiger partial charge in [0.2, 0.25) is 0 Å². The maximum Gasteiger partial charge on any atom is 0.283 e. The van der Waals surface area contributed by atoms with Gasteiger partial charge in [0.1, 0.15) is 4.47 Å². The second-order valence-corrected chi connectivity index (χ2v) is 6.01. The Hall–Kier alpha value is -0.690. The van der Waals surface area contributed by atoms with Gasteiger partial charge in [-0.2, -0.15) is 5.10 Å². The van der Waals surface area contributed by atoms with Gasteiger partial charge in [0.25, 0.3) is 5.56 Å². The Morgan fingerprint density at radius 3 is 2.82 bits per heavy atom. The van der Waals surface area contributed by atoms with Crippen molar-refractivity contribution in [3.8, 4) is 0 Å². The predicted molar refractivity (Wildman–Crippen MR) is 73.9 cm³/mol. The molecule has 1 heterocycles. The van der Waals surface area contributed by atoms with Crippen molar-refractivity contribution >= 4 is 32.4 Å². The van der Waals surface area contributed by atoms with E-state index in [0.717, 1.165) is 0 Å². The number of hydrogen-bond donors (Lipinski definition) is 1. The Morgan fingerprint density at radius 1 is 1.53 bits per heavy atom. The minimum atomic E-state index is -0.800. The van der Waals surface area contributed by atoms with E-state index in [1.54, 1.807) is 6.20 Å². The molecular weight excluding hydrogens is 306 g/mol. The van der Waals surface area contributed by atoms with E-state index >= 15 is 0 Å². The molecule has 0 aliphatic rings. The van der Waals surface area contributed by atoms with Gasteiger partial charge in [-0.15, -0.1) is 0 Å². The summed E-state index contributed by atoms with van der Waals surface area (Å²) >= 11 is 3.24. The van der Waals surface area contributed by atoms with Crippen molar-refractivity contribution in [1.29, 1.82) is 0 Å². The van der Waals surface area contributed by atoms with Crippen LogP contribution in [-0.4, -0.2) is 32.0 Å². The average Bonchev–Trinajstić information content (AvgIpc) is 2.34. The molecule has 96 valence electrons. The molecule has 17 heavy (non-hydrogen) atoms. The van der Waals surface area contributed by atoms with Crippen molar-refractivity contribution in [3.63, 3.8) is 0 Å². The maximum atomic E-state index is 11.7. The van der Waals surface area contributed by atoms with Gasteiger partial charge >= 0.3 is 0 Å². The molecule has 0 aliphatic heterocycles. The third-order valence-corrected chi connectivity index (χ3v) is 4.32. The van der Waals surface area contributed by atoms with E-state index in [0.29, 0.717) is 34.8 Å². The molecule has 1 atom stereocenters. The van der Waals surface area contributed by atoms with Gasteiger partial charge in [0.05, 0.1) is 11.9 Å². The van der Waals surface area contributed by atoms with Crippen LogP contribution < -0.4 is 10.9 Å². The van der Waals surface area contributed by atoms with Crippen molar-refractivity contribution < 1.29 is 4.21 Å². The number of aromatic nitrogens is 2. The van der Waals surface area contributed by atoms with Crippen LogP contribution in [0.25, 0.3) is 0 Å². The van der Waals surface area contributed by atoms with Crippen molar-refractivity contribution in [2.45, 2.75) is 20.4 Å². The van der Waals surface area contributed by atoms with Gasteiger partial charge < -0.3 is 5.32 Å². The molecule has 0 aliphatic carbocycles. The molecule has 1 unspecified atom stereocenters. The minimum absolute atomic E-state index is 0.158. The maximum absolute atomic E-state index is 11.7. The van der Waals surface area contributed by atoms with Gasteiger partial charge in [-0.05, 0) is 22.9 Å². The molecule has 1 aromatic rings. The number of nitrogens with zero attached hydrogens (tertiary/aromatic N) is 2. The lowest BCUT2D eigenvalue weighted by Gasteiger charge is -2.08. The largest absolute Gasteiger partial charge is 0.382 e. The van der Waals surface area contributed by atoms with Crippen LogP contribution in [0.15, 0.2) is 15.5 Å². The highest BCUT2D eigenvalue weighted by Gasteiger charge is 2.07. The standard InChI is InChI=1S/C10H16BrN3O2S/c1-3-14-10(15)9(11)8(7-13-14)12-5-6-17(16)4-2/h7,12H,3-6H2,1-2H3. The average molecular weight is 322 g/mol. The summed E-state index contributed by atoms with van der Waals surface area (Å²) in [6.45, 7) is 4.85. The van der Waals surface area contributed by atoms with E-state index in [1.807, 2.05) is 13.8 Å². The molecule has 0 aromatic carbocycles. The molecule has 0 saturated carbocycles. The molecule has 1 rings (SSSR count). The zero-order chi connectivity index (χ0) is 12.8. The van der Waals surface area contributed by atoms with E-state index in [2.05, 4.69) is 26.3 Å². The lowest BCUT2D eigenvalue weighted by atomic mass is 10.4. The van der Waals surface area contributed by atoms with Gasteiger partial charge in [0.15, 0.2) is 0 Å². The van der Waals surface area contributed by atoms with Gasteiger partial charge in [-0.3, -0.25) is 9.00 Å². The highest BCUT2D eigenvalue weighted by molar-refractivity contribution is 9.10. The first-order valence-corrected chi connectivity index (χ1v) is 7.72. The number of rotatable bonds is 6.